The number of thioether (sulfide) groups is 1. The van der Waals surface area contributed by atoms with E-state index in [4.69, 9.17) is 13.9 Å². The number of aromatic nitrogens is 1. The number of amides is 1. The fourth-order valence-corrected chi connectivity index (χ4v) is 4.06. The molecular formula is C27H22N2O6S. The van der Waals surface area contributed by atoms with Crippen LogP contribution in [-0.2, 0) is 14.3 Å². The third kappa shape index (κ3) is 5.64. The molecule has 0 saturated heterocycles. The van der Waals surface area contributed by atoms with Gasteiger partial charge in [-0.15, -0.1) is 0 Å². The zero-order valence-corrected chi connectivity index (χ0v) is 20.3. The number of methoxy groups -OCH3 is 2. The van der Waals surface area contributed by atoms with Gasteiger partial charge in [-0.2, -0.15) is 0 Å². The van der Waals surface area contributed by atoms with Crippen molar-refractivity contribution in [3.63, 3.8) is 0 Å². The Hall–Kier alpha value is -4.37. The molecule has 1 aromatic heterocycles. The van der Waals surface area contributed by atoms with Gasteiger partial charge in [0.1, 0.15) is 5.69 Å². The number of carbonyl (C=O) groups excluding carboxylic acids is 3. The van der Waals surface area contributed by atoms with Gasteiger partial charge in [0.25, 0.3) is 5.22 Å². The van der Waals surface area contributed by atoms with Gasteiger partial charge in [0, 0.05) is 11.1 Å². The van der Waals surface area contributed by atoms with E-state index in [0.29, 0.717) is 16.7 Å². The SMILES string of the molecule is COC(=O)c1ccc(C(=O)OC)c(NC(=O)CSc2nc(-c3ccccc3)c(-c3ccccc3)o2)c1. The van der Waals surface area contributed by atoms with Crippen molar-refractivity contribution in [1.82, 2.24) is 4.98 Å². The smallest absolute Gasteiger partial charge is 0.339 e. The van der Waals surface area contributed by atoms with Gasteiger partial charge in [0.15, 0.2) is 5.76 Å². The van der Waals surface area contributed by atoms with Crippen molar-refractivity contribution in [2.75, 3.05) is 25.3 Å². The van der Waals surface area contributed by atoms with Gasteiger partial charge in [0.2, 0.25) is 5.91 Å². The van der Waals surface area contributed by atoms with Gasteiger partial charge in [-0.05, 0) is 18.2 Å². The van der Waals surface area contributed by atoms with E-state index in [2.05, 4.69) is 10.3 Å². The molecule has 0 fully saturated rings. The van der Waals surface area contributed by atoms with Gasteiger partial charge >= 0.3 is 11.9 Å². The highest BCUT2D eigenvalue weighted by molar-refractivity contribution is 7.99. The van der Waals surface area contributed by atoms with Crippen molar-refractivity contribution in [1.29, 1.82) is 0 Å². The first-order valence-corrected chi connectivity index (χ1v) is 11.8. The Balaban J connectivity index is 1.55. The minimum atomic E-state index is -0.651. The highest BCUT2D eigenvalue weighted by Crippen LogP contribution is 2.35. The van der Waals surface area contributed by atoms with Gasteiger partial charge in [-0.3, -0.25) is 4.79 Å². The molecule has 0 aliphatic heterocycles. The summed E-state index contributed by atoms with van der Waals surface area (Å²) < 4.78 is 15.5. The lowest BCUT2D eigenvalue weighted by molar-refractivity contribution is -0.113. The average Bonchev–Trinajstić information content (AvgIpc) is 3.36. The van der Waals surface area contributed by atoms with Crippen LogP contribution in [0.1, 0.15) is 20.7 Å². The topological polar surface area (TPSA) is 108 Å². The van der Waals surface area contributed by atoms with Crippen molar-refractivity contribution in [3.8, 4) is 22.6 Å². The summed E-state index contributed by atoms with van der Waals surface area (Å²) in [5.41, 5.74) is 2.85. The number of rotatable bonds is 8. The standard InChI is InChI=1S/C27H22N2O6S/c1-33-25(31)19-13-14-20(26(32)34-2)21(15-19)28-22(30)16-36-27-29-23(17-9-5-3-6-10-17)24(35-27)18-11-7-4-8-12-18/h3-15H,16H2,1-2H3,(H,28,30). The average molecular weight is 503 g/mol. The normalized spacial score (nSPS) is 10.5. The lowest BCUT2D eigenvalue weighted by Crippen LogP contribution is -2.18. The molecule has 1 amide bonds. The Morgan fingerprint density at radius 1 is 0.861 bits per heavy atom. The molecule has 0 unspecified atom stereocenters. The van der Waals surface area contributed by atoms with E-state index in [1.807, 2.05) is 60.7 Å². The molecule has 8 nitrogen and oxygen atoms in total. The Morgan fingerprint density at radius 3 is 2.14 bits per heavy atom. The van der Waals surface area contributed by atoms with Gasteiger partial charge < -0.3 is 19.2 Å². The maximum Gasteiger partial charge on any atom is 0.339 e. The predicted octanol–water partition coefficient (Wildman–Crippen LogP) is 5.31. The second-order valence-corrected chi connectivity index (χ2v) is 8.40. The second-order valence-electron chi connectivity index (χ2n) is 7.47. The van der Waals surface area contributed by atoms with Crippen molar-refractivity contribution in [2.24, 2.45) is 0 Å². The molecule has 0 atom stereocenters. The third-order valence-electron chi connectivity index (χ3n) is 5.14. The molecule has 1 heterocycles. The predicted molar refractivity (Wildman–Crippen MR) is 136 cm³/mol. The first kappa shape index (κ1) is 24.7. The number of nitrogens with zero attached hydrogens (tertiary/aromatic N) is 1. The first-order chi connectivity index (χ1) is 17.5. The van der Waals surface area contributed by atoms with E-state index >= 15 is 0 Å². The quantitative estimate of drug-likeness (QED) is 0.255. The number of anilines is 1. The maximum absolute atomic E-state index is 12.8. The van der Waals surface area contributed by atoms with Crippen LogP contribution in [0, 0.1) is 0 Å². The molecule has 182 valence electrons. The fourth-order valence-electron chi connectivity index (χ4n) is 3.43. The third-order valence-corrected chi connectivity index (χ3v) is 5.97. The number of carbonyl (C=O) groups is 3. The Kier molecular flexibility index (Phi) is 7.82. The van der Waals surface area contributed by atoms with E-state index in [9.17, 15) is 14.4 Å². The summed E-state index contributed by atoms with van der Waals surface area (Å²) in [7, 11) is 2.48. The zero-order chi connectivity index (χ0) is 25.5. The lowest BCUT2D eigenvalue weighted by Gasteiger charge is -2.11. The molecule has 0 saturated carbocycles. The minimum absolute atomic E-state index is 0.0496. The largest absolute Gasteiger partial charge is 0.465 e. The van der Waals surface area contributed by atoms with Crippen LogP contribution in [0.5, 0.6) is 0 Å². The van der Waals surface area contributed by atoms with Crippen LogP contribution in [-0.4, -0.2) is 42.8 Å². The van der Waals surface area contributed by atoms with E-state index in [1.54, 1.807) is 0 Å². The highest BCUT2D eigenvalue weighted by Gasteiger charge is 2.20. The molecule has 9 heteroatoms. The Labute approximate surface area is 211 Å². The zero-order valence-electron chi connectivity index (χ0n) is 19.5. The molecule has 0 bridgehead atoms. The molecular weight excluding hydrogens is 480 g/mol. The summed E-state index contributed by atoms with van der Waals surface area (Å²) in [4.78, 5) is 41.4. The number of hydrogen-bond acceptors (Lipinski definition) is 8. The van der Waals surface area contributed by atoms with Crippen LogP contribution in [0.2, 0.25) is 0 Å². The molecule has 3 aromatic carbocycles. The number of ether oxygens (including phenoxy) is 2. The summed E-state index contributed by atoms with van der Waals surface area (Å²) >= 11 is 1.11. The molecule has 1 N–H and O–H groups in total. The van der Waals surface area contributed by atoms with Crippen LogP contribution in [0.15, 0.2) is 88.5 Å². The maximum atomic E-state index is 12.8. The Morgan fingerprint density at radius 2 is 1.50 bits per heavy atom. The van der Waals surface area contributed by atoms with Crippen molar-refractivity contribution in [3.05, 3.63) is 90.0 Å². The summed E-state index contributed by atoms with van der Waals surface area (Å²) in [6.07, 6.45) is 0. The molecule has 0 aliphatic carbocycles. The number of nitrogens with one attached hydrogen (secondary N) is 1. The number of esters is 2. The molecule has 36 heavy (non-hydrogen) atoms. The lowest BCUT2D eigenvalue weighted by atomic mass is 10.1. The summed E-state index contributed by atoms with van der Waals surface area (Å²) in [5, 5.41) is 2.98. The molecule has 0 radical (unpaired) electrons. The first-order valence-electron chi connectivity index (χ1n) is 10.8. The van der Waals surface area contributed by atoms with Crippen molar-refractivity contribution >= 4 is 35.3 Å². The number of benzene rings is 3. The van der Waals surface area contributed by atoms with Crippen molar-refractivity contribution < 1.29 is 28.3 Å². The number of oxazole rings is 1. The fraction of sp³-hybridized carbons (Fsp3) is 0.111. The van der Waals surface area contributed by atoms with Gasteiger partial charge in [0.05, 0.1) is 36.8 Å². The summed E-state index contributed by atoms with van der Waals surface area (Å²) in [5.74, 6) is -1.12. The van der Waals surface area contributed by atoms with Crippen LogP contribution >= 0.6 is 11.8 Å². The molecule has 4 aromatic rings. The number of hydrogen-bond donors (Lipinski definition) is 1. The summed E-state index contributed by atoms with van der Waals surface area (Å²) in [6.45, 7) is 0. The highest BCUT2D eigenvalue weighted by atomic mass is 32.2. The van der Waals surface area contributed by atoms with Gasteiger partial charge in [-0.25, -0.2) is 14.6 Å². The van der Waals surface area contributed by atoms with E-state index in [1.165, 1.54) is 32.4 Å². The van der Waals surface area contributed by atoms with E-state index in [0.717, 1.165) is 22.9 Å². The molecule has 4 rings (SSSR count). The Bertz CT molecular complexity index is 1330. The van der Waals surface area contributed by atoms with Crippen LogP contribution in [0.25, 0.3) is 22.6 Å². The van der Waals surface area contributed by atoms with Gasteiger partial charge in [-0.1, -0.05) is 72.4 Å². The van der Waals surface area contributed by atoms with Crippen molar-refractivity contribution in [2.45, 2.75) is 5.22 Å². The van der Waals surface area contributed by atoms with Crippen LogP contribution < -0.4 is 5.32 Å². The molecule has 0 aliphatic rings. The molecule has 0 spiro atoms. The van der Waals surface area contributed by atoms with Crippen LogP contribution in [0.4, 0.5) is 5.69 Å². The van der Waals surface area contributed by atoms with Crippen LogP contribution in [0.3, 0.4) is 0 Å². The minimum Gasteiger partial charge on any atom is -0.465 e. The monoisotopic (exact) mass is 502 g/mol. The summed E-state index contributed by atoms with van der Waals surface area (Å²) in [6, 6.07) is 23.4. The second kappa shape index (κ2) is 11.4. The van der Waals surface area contributed by atoms with E-state index < -0.39 is 17.8 Å². The van der Waals surface area contributed by atoms with E-state index in [-0.39, 0.29) is 22.6 Å².